The number of halogens is 7. The first kappa shape index (κ1) is 20.6. The van der Waals surface area contributed by atoms with Crippen molar-refractivity contribution in [3.05, 3.63) is 0 Å². The molecule has 2 bridgehead atoms. The Kier molecular flexibility index (Phi) is 5.60. The van der Waals surface area contributed by atoms with Crippen LogP contribution in [-0.4, -0.2) is 48.3 Å². The summed E-state index contributed by atoms with van der Waals surface area (Å²) >= 11 is 0. The van der Waals surface area contributed by atoms with E-state index < -0.39 is 43.2 Å². The molecule has 0 saturated carbocycles. The van der Waals surface area contributed by atoms with Gasteiger partial charge in [-0.1, -0.05) is 0 Å². The molecule has 0 spiro atoms. The topological polar surface area (TPSA) is 32.3 Å². The van der Waals surface area contributed by atoms with Gasteiger partial charge in [0.15, 0.2) is 5.41 Å². The quantitative estimate of drug-likeness (QED) is 0.725. The molecule has 0 aromatic heterocycles. The lowest BCUT2D eigenvalue weighted by Gasteiger charge is -2.34. The summed E-state index contributed by atoms with van der Waals surface area (Å²) in [4.78, 5) is 13.0. The van der Waals surface area contributed by atoms with Crippen molar-refractivity contribution in [2.75, 3.05) is 13.1 Å². The SMILES string of the molecule is Cl.O=C(CC1CC2CCC(C1)N2)N1CCC(C(F)(F)F)(C(F)(F)F)C1. The van der Waals surface area contributed by atoms with E-state index in [0.717, 1.165) is 30.6 Å². The highest BCUT2D eigenvalue weighted by Gasteiger charge is 2.72. The molecule has 146 valence electrons. The van der Waals surface area contributed by atoms with Gasteiger partial charge in [0.05, 0.1) is 0 Å². The highest BCUT2D eigenvalue weighted by Crippen LogP contribution is 2.55. The second kappa shape index (κ2) is 6.79. The summed E-state index contributed by atoms with van der Waals surface area (Å²) in [6.45, 7) is -1.80. The maximum atomic E-state index is 13.1. The van der Waals surface area contributed by atoms with Crippen LogP contribution in [0, 0.1) is 11.3 Å². The zero-order valence-corrected chi connectivity index (χ0v) is 14.2. The van der Waals surface area contributed by atoms with Crippen LogP contribution in [0.15, 0.2) is 0 Å². The number of hydrogen-bond donors (Lipinski definition) is 1. The molecule has 3 aliphatic heterocycles. The van der Waals surface area contributed by atoms with Gasteiger partial charge in [0, 0.05) is 31.6 Å². The Labute approximate surface area is 147 Å². The molecular weight excluding hydrogens is 374 g/mol. The fraction of sp³-hybridized carbons (Fsp3) is 0.933. The van der Waals surface area contributed by atoms with Gasteiger partial charge in [-0.15, -0.1) is 12.4 Å². The van der Waals surface area contributed by atoms with Crippen LogP contribution in [-0.2, 0) is 4.79 Å². The van der Waals surface area contributed by atoms with Gasteiger partial charge in [-0.25, -0.2) is 0 Å². The van der Waals surface area contributed by atoms with E-state index in [9.17, 15) is 31.1 Å². The highest BCUT2D eigenvalue weighted by atomic mass is 35.5. The minimum absolute atomic E-state index is 0. The van der Waals surface area contributed by atoms with Crippen molar-refractivity contribution in [1.29, 1.82) is 0 Å². The fourth-order valence-electron chi connectivity index (χ4n) is 4.36. The van der Waals surface area contributed by atoms with Gasteiger partial charge in [0.25, 0.3) is 0 Å². The van der Waals surface area contributed by atoms with Crippen LogP contribution in [0.2, 0.25) is 0 Å². The third-order valence-electron chi connectivity index (χ3n) is 5.74. The number of likely N-dealkylation sites (tertiary alicyclic amines) is 1. The summed E-state index contributed by atoms with van der Waals surface area (Å²) in [5.41, 5.74) is -3.79. The molecule has 10 heteroatoms. The molecule has 1 amide bonds. The first-order valence-corrected chi connectivity index (χ1v) is 8.19. The average Bonchev–Trinajstić information content (AvgIpc) is 3.02. The monoisotopic (exact) mass is 394 g/mol. The third-order valence-corrected chi connectivity index (χ3v) is 5.74. The predicted molar refractivity (Wildman–Crippen MR) is 80.3 cm³/mol. The minimum atomic E-state index is -5.41. The maximum absolute atomic E-state index is 13.1. The first-order chi connectivity index (χ1) is 11.0. The Morgan fingerprint density at radius 2 is 1.56 bits per heavy atom. The fourth-order valence-corrected chi connectivity index (χ4v) is 4.36. The van der Waals surface area contributed by atoms with Gasteiger partial charge in [-0.05, 0) is 38.0 Å². The molecule has 2 unspecified atom stereocenters. The van der Waals surface area contributed by atoms with Crippen molar-refractivity contribution in [1.82, 2.24) is 10.2 Å². The van der Waals surface area contributed by atoms with Crippen molar-refractivity contribution in [3.8, 4) is 0 Å². The Hall–Kier alpha value is -0.700. The number of nitrogens with zero attached hydrogens (tertiary/aromatic N) is 1. The number of nitrogens with one attached hydrogen (secondary N) is 1. The molecule has 0 aliphatic carbocycles. The van der Waals surface area contributed by atoms with Crippen molar-refractivity contribution in [2.24, 2.45) is 11.3 Å². The number of amides is 1. The summed E-state index contributed by atoms with van der Waals surface area (Å²) in [6, 6.07) is 0.647. The van der Waals surface area contributed by atoms with E-state index in [4.69, 9.17) is 0 Å². The zero-order valence-electron chi connectivity index (χ0n) is 13.4. The van der Waals surface area contributed by atoms with E-state index in [0.29, 0.717) is 12.1 Å². The molecule has 0 aromatic carbocycles. The van der Waals surface area contributed by atoms with E-state index in [1.54, 1.807) is 0 Å². The van der Waals surface area contributed by atoms with E-state index in [-0.39, 0.29) is 24.7 Å². The Morgan fingerprint density at radius 3 is 2.00 bits per heavy atom. The Balaban J connectivity index is 0.00000225. The number of carbonyl (C=O) groups is 1. The summed E-state index contributed by atoms with van der Waals surface area (Å²) in [6.07, 6.45) is -8.32. The Bertz CT molecular complexity index is 483. The van der Waals surface area contributed by atoms with Crippen LogP contribution in [0.25, 0.3) is 0 Å². The second-order valence-corrected chi connectivity index (χ2v) is 7.32. The smallest absolute Gasteiger partial charge is 0.341 e. The molecular formula is C15H21ClF6N2O. The van der Waals surface area contributed by atoms with E-state index in [1.807, 2.05) is 0 Å². The van der Waals surface area contributed by atoms with Crippen molar-refractivity contribution in [3.63, 3.8) is 0 Å². The van der Waals surface area contributed by atoms with Crippen LogP contribution in [0.1, 0.15) is 38.5 Å². The Morgan fingerprint density at radius 1 is 1.04 bits per heavy atom. The lowest BCUT2D eigenvalue weighted by atomic mass is 9.85. The molecule has 3 fully saturated rings. The standard InChI is InChI=1S/C15H20F6N2O.ClH/c16-14(17,18)13(15(19,20)21)3-4-23(8-13)12(24)7-9-5-10-1-2-11(6-9)22-10;/h9-11,22H,1-8H2;1H. The maximum Gasteiger partial charge on any atom is 0.404 e. The first-order valence-electron chi connectivity index (χ1n) is 8.19. The molecule has 2 atom stereocenters. The number of hydrogen-bond acceptors (Lipinski definition) is 2. The normalized spacial score (nSPS) is 31.8. The highest BCUT2D eigenvalue weighted by molar-refractivity contribution is 5.85. The van der Waals surface area contributed by atoms with Gasteiger partial charge < -0.3 is 10.2 Å². The van der Waals surface area contributed by atoms with Crippen LogP contribution in [0.4, 0.5) is 26.3 Å². The molecule has 0 radical (unpaired) electrons. The van der Waals surface area contributed by atoms with E-state index in [2.05, 4.69) is 5.32 Å². The summed E-state index contributed by atoms with van der Waals surface area (Å²) < 4.78 is 78.3. The third kappa shape index (κ3) is 3.72. The lowest BCUT2D eigenvalue weighted by molar-refractivity contribution is -0.334. The van der Waals surface area contributed by atoms with Crippen LogP contribution < -0.4 is 5.32 Å². The van der Waals surface area contributed by atoms with Gasteiger partial charge in [-0.3, -0.25) is 4.79 Å². The van der Waals surface area contributed by atoms with Crippen LogP contribution >= 0.6 is 12.4 Å². The molecule has 3 rings (SSSR count). The molecule has 1 N–H and O–H groups in total. The summed E-state index contributed by atoms with van der Waals surface area (Å²) in [7, 11) is 0. The molecule has 3 aliphatic rings. The number of rotatable bonds is 2. The number of carbonyl (C=O) groups excluding carboxylic acids is 1. The molecule has 3 saturated heterocycles. The van der Waals surface area contributed by atoms with Gasteiger partial charge in [0.1, 0.15) is 0 Å². The van der Waals surface area contributed by atoms with Gasteiger partial charge in [-0.2, -0.15) is 26.3 Å². The summed E-state index contributed by atoms with van der Waals surface area (Å²) in [5, 5.41) is 3.39. The molecule has 25 heavy (non-hydrogen) atoms. The van der Waals surface area contributed by atoms with Crippen LogP contribution in [0.3, 0.4) is 0 Å². The van der Waals surface area contributed by atoms with Gasteiger partial charge >= 0.3 is 12.4 Å². The average molecular weight is 395 g/mol. The predicted octanol–water partition coefficient (Wildman–Crippen LogP) is 3.67. The molecule has 0 aromatic rings. The largest absolute Gasteiger partial charge is 0.404 e. The van der Waals surface area contributed by atoms with Crippen LogP contribution in [0.5, 0.6) is 0 Å². The van der Waals surface area contributed by atoms with E-state index >= 15 is 0 Å². The molecule has 3 nitrogen and oxygen atoms in total. The second-order valence-electron chi connectivity index (χ2n) is 7.32. The minimum Gasteiger partial charge on any atom is -0.341 e. The van der Waals surface area contributed by atoms with Crippen molar-refractivity contribution >= 4 is 18.3 Å². The van der Waals surface area contributed by atoms with Crippen molar-refractivity contribution in [2.45, 2.75) is 63.0 Å². The number of piperidine rings is 1. The van der Waals surface area contributed by atoms with E-state index in [1.165, 1.54) is 0 Å². The molecule has 3 heterocycles. The van der Waals surface area contributed by atoms with Crippen molar-refractivity contribution < 1.29 is 31.1 Å². The number of alkyl halides is 6. The zero-order chi connectivity index (χ0) is 17.8. The number of fused-ring (bicyclic) bond motifs is 2. The van der Waals surface area contributed by atoms with Gasteiger partial charge in [0.2, 0.25) is 5.91 Å². The lowest BCUT2D eigenvalue weighted by Crippen LogP contribution is -2.52. The summed E-state index contributed by atoms with van der Waals surface area (Å²) in [5.74, 6) is -0.542.